The number of hydrogen-bond donors (Lipinski definition) is 0. The molecule has 9 atom stereocenters. The molecule has 0 aliphatic heterocycles. The first-order valence-corrected chi connectivity index (χ1v) is 15.5. The van der Waals surface area contributed by atoms with Crippen molar-refractivity contribution in [2.75, 3.05) is 0 Å². The average molecular weight is 527 g/mol. The highest BCUT2D eigenvalue weighted by Gasteiger charge is 2.69. The highest BCUT2D eigenvalue weighted by atomic mass is 16.5. The van der Waals surface area contributed by atoms with Crippen molar-refractivity contribution in [2.24, 2.45) is 50.2 Å². The van der Waals surface area contributed by atoms with Crippen molar-refractivity contribution in [3.63, 3.8) is 0 Å². The summed E-state index contributed by atoms with van der Waals surface area (Å²) in [7, 11) is 0. The zero-order valence-corrected chi connectivity index (χ0v) is 26.0. The summed E-state index contributed by atoms with van der Waals surface area (Å²) in [5.41, 5.74) is 2.51. The lowest BCUT2D eigenvalue weighted by molar-refractivity contribution is -0.234. The molecule has 4 saturated carbocycles. The fourth-order valence-electron chi connectivity index (χ4n) is 11.4. The normalized spacial score (nSPS) is 48.8. The van der Waals surface area contributed by atoms with Gasteiger partial charge in [-0.1, -0.05) is 67.0 Å². The van der Waals surface area contributed by atoms with E-state index in [1.165, 1.54) is 38.5 Å². The van der Waals surface area contributed by atoms with Gasteiger partial charge in [-0.2, -0.15) is 0 Å². The molecular formula is C34H54O4. The molecule has 0 aromatic carbocycles. The second-order valence-electron chi connectivity index (χ2n) is 16.4. The Hall–Kier alpha value is -1.32. The van der Waals surface area contributed by atoms with Crippen LogP contribution in [-0.2, 0) is 19.1 Å². The fourth-order valence-corrected chi connectivity index (χ4v) is 11.4. The highest BCUT2D eigenvalue weighted by Crippen LogP contribution is 2.76. The first-order valence-electron chi connectivity index (χ1n) is 15.5. The zero-order valence-electron chi connectivity index (χ0n) is 26.0. The van der Waals surface area contributed by atoms with Crippen molar-refractivity contribution in [1.82, 2.24) is 0 Å². The first kappa shape index (κ1) is 28.2. The number of esters is 2. The molecule has 0 amide bonds. The lowest BCUT2D eigenvalue weighted by Gasteiger charge is -2.72. The standard InChI is InChI=1S/C34H54O4/c1-21(35)37-27-14-15-32(8)25(30(27,5)6)13-16-34(10)26(32)12-11-23-24-19-29(3,4)28(38-22(2)36)20-31(24,7)17-18-33(23,34)9/h19,23,25-28H,11-18,20H2,1-10H3/t23-,25+,26-,27+,28-,31+,32+,33-,34-/m1/s1. The van der Waals surface area contributed by atoms with Gasteiger partial charge < -0.3 is 9.47 Å². The van der Waals surface area contributed by atoms with Gasteiger partial charge in [0.15, 0.2) is 0 Å². The molecule has 0 radical (unpaired) electrons. The Kier molecular flexibility index (Phi) is 6.38. The van der Waals surface area contributed by atoms with Crippen molar-refractivity contribution < 1.29 is 19.1 Å². The van der Waals surface area contributed by atoms with Crippen LogP contribution in [0.1, 0.15) is 127 Å². The van der Waals surface area contributed by atoms with Gasteiger partial charge in [0.25, 0.3) is 0 Å². The minimum Gasteiger partial charge on any atom is -0.462 e. The monoisotopic (exact) mass is 526 g/mol. The summed E-state index contributed by atoms with van der Waals surface area (Å²) in [6.45, 7) is 22.8. The fraction of sp³-hybridized carbons (Fsp3) is 0.882. The van der Waals surface area contributed by atoms with E-state index in [0.29, 0.717) is 23.2 Å². The summed E-state index contributed by atoms with van der Waals surface area (Å²) in [5, 5.41) is 0. The quantitative estimate of drug-likeness (QED) is 0.268. The summed E-state index contributed by atoms with van der Waals surface area (Å²) in [6, 6.07) is 0. The predicted molar refractivity (Wildman–Crippen MR) is 151 cm³/mol. The smallest absolute Gasteiger partial charge is 0.302 e. The Morgan fingerprint density at radius 2 is 1.34 bits per heavy atom. The van der Waals surface area contributed by atoms with Crippen molar-refractivity contribution in [3.05, 3.63) is 11.6 Å². The molecule has 0 spiro atoms. The van der Waals surface area contributed by atoms with E-state index in [1.54, 1.807) is 19.4 Å². The summed E-state index contributed by atoms with van der Waals surface area (Å²) >= 11 is 0. The van der Waals surface area contributed by atoms with Crippen LogP contribution in [0.25, 0.3) is 0 Å². The van der Waals surface area contributed by atoms with Crippen LogP contribution in [0.15, 0.2) is 11.6 Å². The molecule has 0 N–H and O–H groups in total. The number of hydrogen-bond acceptors (Lipinski definition) is 4. The van der Waals surface area contributed by atoms with E-state index < -0.39 is 0 Å². The van der Waals surface area contributed by atoms with Gasteiger partial charge >= 0.3 is 11.9 Å². The zero-order chi connectivity index (χ0) is 28.1. The molecule has 5 aliphatic carbocycles. The summed E-state index contributed by atoms with van der Waals surface area (Å²) in [4.78, 5) is 23.9. The Morgan fingerprint density at radius 3 is 1.97 bits per heavy atom. The Bertz CT molecular complexity index is 1040. The van der Waals surface area contributed by atoms with Crippen molar-refractivity contribution in [3.8, 4) is 0 Å². The van der Waals surface area contributed by atoms with E-state index >= 15 is 0 Å². The molecule has 214 valence electrons. The van der Waals surface area contributed by atoms with Crippen LogP contribution in [0.3, 0.4) is 0 Å². The molecule has 4 fully saturated rings. The predicted octanol–water partition coefficient (Wildman–Crippen LogP) is 8.28. The van der Waals surface area contributed by atoms with Crippen LogP contribution in [0.5, 0.6) is 0 Å². The third kappa shape index (κ3) is 3.80. The molecule has 38 heavy (non-hydrogen) atoms. The third-order valence-corrected chi connectivity index (χ3v) is 13.7. The number of carbonyl (C=O) groups is 2. The molecule has 0 aromatic heterocycles. The Morgan fingerprint density at radius 1 is 0.711 bits per heavy atom. The highest BCUT2D eigenvalue weighted by molar-refractivity contribution is 5.66. The van der Waals surface area contributed by atoms with E-state index in [4.69, 9.17) is 9.47 Å². The molecule has 0 unspecified atom stereocenters. The average Bonchev–Trinajstić information content (AvgIpc) is 2.77. The minimum absolute atomic E-state index is 0.00450. The summed E-state index contributed by atoms with van der Waals surface area (Å²) in [6.07, 6.45) is 13.1. The first-order chi connectivity index (χ1) is 17.4. The van der Waals surface area contributed by atoms with Crippen LogP contribution in [0, 0.1) is 50.2 Å². The van der Waals surface area contributed by atoms with Crippen molar-refractivity contribution >= 4 is 11.9 Å². The van der Waals surface area contributed by atoms with Gasteiger partial charge in [0.05, 0.1) is 0 Å². The van der Waals surface area contributed by atoms with Crippen LogP contribution < -0.4 is 0 Å². The van der Waals surface area contributed by atoms with Gasteiger partial charge in [-0.3, -0.25) is 9.59 Å². The van der Waals surface area contributed by atoms with E-state index in [0.717, 1.165) is 19.3 Å². The summed E-state index contributed by atoms with van der Waals surface area (Å²) in [5.74, 6) is 1.59. The van der Waals surface area contributed by atoms with Gasteiger partial charge in [-0.25, -0.2) is 0 Å². The van der Waals surface area contributed by atoms with Crippen molar-refractivity contribution in [2.45, 2.75) is 139 Å². The molecule has 0 heterocycles. The molecule has 5 aliphatic rings. The molecule has 5 rings (SSSR count). The topological polar surface area (TPSA) is 52.6 Å². The molecule has 0 aromatic rings. The van der Waals surface area contributed by atoms with Crippen LogP contribution in [-0.4, -0.2) is 24.1 Å². The summed E-state index contributed by atoms with van der Waals surface area (Å²) < 4.78 is 11.8. The van der Waals surface area contributed by atoms with Gasteiger partial charge in [0, 0.05) is 24.7 Å². The number of rotatable bonds is 2. The molecular weight excluding hydrogens is 472 g/mol. The maximum Gasteiger partial charge on any atom is 0.302 e. The number of fused-ring (bicyclic) bond motifs is 7. The number of allylic oxidation sites excluding steroid dienone is 1. The van der Waals surface area contributed by atoms with E-state index in [-0.39, 0.29) is 51.2 Å². The number of ether oxygens (including phenoxy) is 2. The second-order valence-corrected chi connectivity index (χ2v) is 16.4. The second kappa shape index (κ2) is 8.59. The van der Waals surface area contributed by atoms with E-state index in [2.05, 4.69) is 61.5 Å². The van der Waals surface area contributed by atoms with E-state index in [9.17, 15) is 9.59 Å². The van der Waals surface area contributed by atoms with Gasteiger partial charge in [0.2, 0.25) is 0 Å². The van der Waals surface area contributed by atoms with Crippen LogP contribution in [0.2, 0.25) is 0 Å². The minimum atomic E-state index is -0.159. The van der Waals surface area contributed by atoms with E-state index in [1.807, 2.05) is 0 Å². The van der Waals surface area contributed by atoms with Crippen LogP contribution >= 0.6 is 0 Å². The van der Waals surface area contributed by atoms with Gasteiger partial charge in [-0.05, 0) is 97.2 Å². The molecule has 4 nitrogen and oxygen atoms in total. The molecule has 0 bridgehead atoms. The maximum atomic E-state index is 11.9. The molecule has 4 heteroatoms. The Balaban J connectivity index is 1.50. The lowest BCUT2D eigenvalue weighted by atomic mass is 9.32. The number of carbonyl (C=O) groups excluding carboxylic acids is 2. The largest absolute Gasteiger partial charge is 0.462 e. The maximum absolute atomic E-state index is 11.9. The Labute approximate surface area is 232 Å². The SMILES string of the molecule is CC(=O)O[C@H]1CC[C@]2(C)[C@H]3CC[C@@H]4C5=CC(C)(C)[C@H](OC(C)=O)C[C@]5(C)CC[C@@]4(C)[C@]3(C)CC[C@H]2C1(C)C. The van der Waals surface area contributed by atoms with Crippen LogP contribution in [0.4, 0.5) is 0 Å². The van der Waals surface area contributed by atoms with Gasteiger partial charge in [-0.15, -0.1) is 0 Å². The third-order valence-electron chi connectivity index (χ3n) is 13.7. The lowest BCUT2D eigenvalue weighted by Crippen LogP contribution is -2.66. The van der Waals surface area contributed by atoms with Crippen molar-refractivity contribution in [1.29, 1.82) is 0 Å². The molecule has 0 saturated heterocycles. The van der Waals surface area contributed by atoms with Gasteiger partial charge in [0.1, 0.15) is 12.2 Å².